The molecule has 5 nitrogen and oxygen atoms in total. The fourth-order valence-corrected chi connectivity index (χ4v) is 13.5. The minimum atomic E-state index is -0.238. The third kappa shape index (κ3) is 22.0. The third-order valence-electron chi connectivity index (χ3n) is 14.6. The topological polar surface area (TPSA) is 31.5 Å². The molecule has 0 bridgehead atoms. The summed E-state index contributed by atoms with van der Waals surface area (Å²) < 4.78 is 10.7. The van der Waals surface area contributed by atoms with Gasteiger partial charge in [0.15, 0.2) is 0 Å². The first-order valence-electron chi connectivity index (χ1n) is 28.1. The van der Waals surface area contributed by atoms with E-state index in [2.05, 4.69) is 174 Å². The second-order valence-corrected chi connectivity index (χ2v) is 24.8. The van der Waals surface area contributed by atoms with Crippen LogP contribution in [0.3, 0.4) is 0 Å². The summed E-state index contributed by atoms with van der Waals surface area (Å²) in [6.45, 7) is 30.9. The maximum absolute atomic E-state index is 7.51. The highest BCUT2D eigenvalue weighted by Crippen LogP contribution is 2.47. The van der Waals surface area contributed by atoms with Crippen molar-refractivity contribution in [3.05, 3.63) is 219 Å². The Balaban J connectivity index is 0.000000179. The summed E-state index contributed by atoms with van der Waals surface area (Å²) in [7, 11) is 3.39. The first kappa shape index (κ1) is 62.3. The van der Waals surface area contributed by atoms with Crippen molar-refractivity contribution in [2.75, 3.05) is 20.0 Å². The lowest BCUT2D eigenvalue weighted by molar-refractivity contribution is 0.344. The Hall–Kier alpha value is -5.56. The molecule has 0 heterocycles. The molecule has 0 aliphatic heterocycles. The summed E-state index contributed by atoms with van der Waals surface area (Å²) in [4.78, 5) is 15.0. The molecule has 406 valence electrons. The highest BCUT2D eigenvalue weighted by atomic mass is 32.2. The summed E-state index contributed by atoms with van der Waals surface area (Å²) in [5.41, 5.74) is 7.68. The van der Waals surface area contributed by atoms with Gasteiger partial charge in [-0.3, -0.25) is 9.69 Å². The molecular formula is C69H85N3O2S3. The molecule has 3 saturated carbocycles. The number of methoxy groups -OCH3 is 2. The van der Waals surface area contributed by atoms with Crippen molar-refractivity contribution in [2.24, 2.45) is 0 Å². The second-order valence-electron chi connectivity index (χ2n) is 20.7. The lowest BCUT2D eigenvalue weighted by Crippen LogP contribution is -2.30. The van der Waals surface area contributed by atoms with Gasteiger partial charge in [0.2, 0.25) is 5.54 Å². The van der Waals surface area contributed by atoms with E-state index in [-0.39, 0.29) is 15.3 Å². The molecule has 0 aromatic heterocycles. The number of aryl methyl sites for hydroxylation is 5. The molecular weight excluding hydrogens is 999 g/mol. The van der Waals surface area contributed by atoms with Crippen molar-refractivity contribution in [3.8, 4) is 11.5 Å². The van der Waals surface area contributed by atoms with E-state index in [1.165, 1.54) is 104 Å². The zero-order chi connectivity index (χ0) is 55.0. The number of thioether (sulfide) groups is 3. The first-order chi connectivity index (χ1) is 37.5. The van der Waals surface area contributed by atoms with Gasteiger partial charge in [-0.2, -0.15) is 0 Å². The van der Waals surface area contributed by atoms with Crippen LogP contribution in [0.2, 0.25) is 0 Å². The lowest BCUT2D eigenvalue weighted by Gasteiger charge is -2.26. The standard InChI is InChI=1S/2C15H19NOS.C14H17N.C14H14.C11H16S/c2*1-12-7-8-13(11-14(12)17-3)18-15(16-2)9-5-4-6-10-15;1-15-14(10-6-3-7-11-14)12-13-8-4-2-5-9-13;1-3-7-13(8-4-1)11-12-14-9-5-2-6-10-14;1-3-4-9-12-11-7-5-10(2)6-8-11/h2*7-8,11H,4-6,9-10H2,1,3H3;2,4-5,8-9H,3,6-7,10-12H2;1-10H,11-12H2;5-8H,3-4,9H2,1-2H3. The number of hydrogen-bond donors (Lipinski definition) is 0. The Bertz CT molecular complexity index is 2580. The van der Waals surface area contributed by atoms with Crippen LogP contribution in [0, 0.1) is 40.5 Å². The Morgan fingerprint density at radius 1 is 0.455 bits per heavy atom. The molecule has 6 aromatic rings. The van der Waals surface area contributed by atoms with Gasteiger partial charge >= 0.3 is 0 Å². The molecule has 0 saturated heterocycles. The Morgan fingerprint density at radius 3 is 1.22 bits per heavy atom. The number of nitrogens with zero attached hydrogens (tertiary/aromatic N) is 3. The van der Waals surface area contributed by atoms with Crippen LogP contribution in [0.15, 0.2) is 166 Å². The molecule has 3 aliphatic carbocycles. The molecule has 0 amide bonds. The summed E-state index contributed by atoms with van der Waals surface area (Å²) in [5, 5.41) is 0. The summed E-state index contributed by atoms with van der Waals surface area (Å²) in [5.74, 6) is 3.08. The van der Waals surface area contributed by atoms with Crippen LogP contribution < -0.4 is 9.47 Å². The number of unbranched alkanes of at least 4 members (excludes halogenated alkanes) is 1. The van der Waals surface area contributed by atoms with Gasteiger partial charge in [0.25, 0.3) is 9.74 Å². The third-order valence-corrected chi connectivity index (χ3v) is 18.5. The van der Waals surface area contributed by atoms with E-state index in [1.54, 1.807) is 37.7 Å². The molecule has 0 atom stereocenters. The maximum atomic E-state index is 7.51. The minimum Gasteiger partial charge on any atom is -0.496 e. The SMILES string of the molecule is CCCCSc1ccc(C)cc1.[C-]#[N+]C1(Cc2ccccc2)CCCCC1.[C-]#[N+]C1(Sc2ccc(C)c(OC)c2)CCCCC1.[C-]#[N+]C1(Sc2ccc(C)c(OC)c2)CCCCC1.c1ccc(CCc2ccccc2)cc1. The molecule has 3 fully saturated rings. The van der Waals surface area contributed by atoms with E-state index >= 15 is 0 Å². The van der Waals surface area contributed by atoms with Crippen LogP contribution in [0.25, 0.3) is 14.5 Å². The molecule has 0 N–H and O–H groups in total. The molecule has 8 heteroatoms. The van der Waals surface area contributed by atoms with Crippen LogP contribution in [-0.4, -0.2) is 35.3 Å². The van der Waals surface area contributed by atoms with Crippen LogP contribution >= 0.6 is 35.3 Å². The van der Waals surface area contributed by atoms with E-state index in [0.29, 0.717) is 0 Å². The van der Waals surface area contributed by atoms with Crippen molar-refractivity contribution in [2.45, 2.75) is 186 Å². The lowest BCUT2D eigenvalue weighted by atomic mass is 9.78. The Kier molecular flexibility index (Phi) is 27.8. The van der Waals surface area contributed by atoms with Crippen LogP contribution in [0.1, 0.15) is 149 Å². The molecule has 0 unspecified atom stereocenters. The zero-order valence-corrected chi connectivity index (χ0v) is 49.6. The average Bonchev–Trinajstić information content (AvgIpc) is 3.48. The number of rotatable bonds is 15. The predicted molar refractivity (Wildman–Crippen MR) is 332 cm³/mol. The number of hydrogen-bond acceptors (Lipinski definition) is 5. The van der Waals surface area contributed by atoms with E-state index in [4.69, 9.17) is 29.2 Å². The smallest absolute Gasteiger partial charge is 0.282 e. The molecule has 6 aromatic carbocycles. The first-order valence-corrected chi connectivity index (χ1v) is 30.8. The van der Waals surface area contributed by atoms with Crippen molar-refractivity contribution < 1.29 is 9.47 Å². The number of benzene rings is 6. The maximum Gasteiger partial charge on any atom is 0.282 e. The van der Waals surface area contributed by atoms with Gasteiger partial charge < -0.3 is 14.3 Å². The van der Waals surface area contributed by atoms with Gasteiger partial charge in [0.1, 0.15) is 11.5 Å². The van der Waals surface area contributed by atoms with Gasteiger partial charge in [-0.25, -0.2) is 19.7 Å². The van der Waals surface area contributed by atoms with Gasteiger partial charge in [-0.15, -0.1) is 11.8 Å². The van der Waals surface area contributed by atoms with Gasteiger partial charge in [-0.1, -0.05) is 153 Å². The highest BCUT2D eigenvalue weighted by molar-refractivity contribution is 8.01. The van der Waals surface area contributed by atoms with Crippen molar-refractivity contribution in [1.29, 1.82) is 0 Å². The monoisotopic (exact) mass is 1080 g/mol. The Labute approximate surface area is 478 Å². The molecule has 3 aliphatic rings. The fourth-order valence-electron chi connectivity index (χ4n) is 9.91. The Morgan fingerprint density at radius 2 is 0.844 bits per heavy atom. The van der Waals surface area contributed by atoms with E-state index < -0.39 is 0 Å². The van der Waals surface area contributed by atoms with Gasteiger partial charge in [0.05, 0.1) is 20.6 Å². The zero-order valence-electron chi connectivity index (χ0n) is 47.2. The molecule has 0 spiro atoms. The van der Waals surface area contributed by atoms with Gasteiger partial charge in [0, 0.05) is 53.2 Å². The summed E-state index contributed by atoms with van der Waals surface area (Å²) >= 11 is 5.39. The largest absolute Gasteiger partial charge is 0.496 e. The fraction of sp³-hybridized carbons (Fsp3) is 0.435. The predicted octanol–water partition coefficient (Wildman–Crippen LogP) is 20.6. The van der Waals surface area contributed by atoms with Crippen molar-refractivity contribution in [3.63, 3.8) is 0 Å². The van der Waals surface area contributed by atoms with E-state index in [9.17, 15) is 0 Å². The van der Waals surface area contributed by atoms with Crippen LogP contribution in [0.5, 0.6) is 11.5 Å². The average molecular weight is 1080 g/mol. The van der Waals surface area contributed by atoms with Crippen LogP contribution in [0.4, 0.5) is 0 Å². The van der Waals surface area contributed by atoms with E-state index in [1.807, 2.05) is 31.7 Å². The van der Waals surface area contributed by atoms with Crippen molar-refractivity contribution in [1.82, 2.24) is 0 Å². The van der Waals surface area contributed by atoms with Gasteiger partial charge in [-0.05, 0) is 172 Å². The van der Waals surface area contributed by atoms with Crippen molar-refractivity contribution >= 4 is 35.3 Å². The van der Waals surface area contributed by atoms with Crippen LogP contribution in [-0.2, 0) is 19.3 Å². The summed E-state index contributed by atoms with van der Waals surface area (Å²) in [6, 6.07) is 52.9. The molecule has 77 heavy (non-hydrogen) atoms. The molecule has 9 rings (SSSR count). The summed E-state index contributed by atoms with van der Waals surface area (Å²) in [6.07, 6.45) is 23.1. The molecule has 0 radical (unpaired) electrons. The minimum absolute atomic E-state index is 0.0837. The quantitative estimate of drug-likeness (QED) is 0.0581. The van der Waals surface area contributed by atoms with E-state index in [0.717, 1.165) is 90.2 Å². The highest BCUT2D eigenvalue weighted by Gasteiger charge is 2.41. The normalized spacial score (nSPS) is 15.6. The number of ether oxygens (including phenoxy) is 2. The second kappa shape index (κ2) is 34.3.